The molecule has 77 heavy (non-hydrogen) atoms. The Morgan fingerprint density at radius 1 is 0.377 bits per heavy atom. The topological polar surface area (TPSA) is 20.9 Å². The third kappa shape index (κ3) is 13.9. The van der Waals surface area contributed by atoms with Gasteiger partial charge in [0.25, 0.3) is 0 Å². The molecule has 0 spiro atoms. The van der Waals surface area contributed by atoms with Crippen molar-refractivity contribution < 1.29 is 115 Å². The van der Waals surface area contributed by atoms with Gasteiger partial charge >= 0.3 is 49.4 Å². The largest absolute Gasteiger partial charge is 0.416 e. The van der Waals surface area contributed by atoms with Crippen LogP contribution in [-0.2, 0) is 56.0 Å². The summed E-state index contributed by atoms with van der Waals surface area (Å²) < 4.78 is 343. The first-order valence-electron chi connectivity index (χ1n) is 22.0. The lowest BCUT2D eigenvalue weighted by Gasteiger charge is -2.46. The fourth-order valence-electron chi connectivity index (χ4n) is 9.06. The molecule has 1 fully saturated rings. The van der Waals surface area contributed by atoms with E-state index in [2.05, 4.69) is 12.1 Å². The molecule has 7 rings (SSSR count). The monoisotopic (exact) mass is 1130 g/mol. The lowest BCUT2D eigenvalue weighted by atomic mass is 9.12. The van der Waals surface area contributed by atoms with Gasteiger partial charge in [-0.15, -0.1) is 0 Å². The molecule has 6 aromatic rings. The predicted octanol–water partition coefficient (Wildman–Crippen LogP) is 14.7. The van der Waals surface area contributed by atoms with E-state index in [1.807, 2.05) is 47.3 Å². The highest BCUT2D eigenvalue weighted by molar-refractivity contribution is 7.20. The smallest absolute Gasteiger partial charge is 0.287 e. The summed E-state index contributed by atoms with van der Waals surface area (Å²) in [5.74, 6) is 0.888. The molecule has 0 aliphatic heterocycles. The number of ketones is 1. The van der Waals surface area contributed by atoms with Gasteiger partial charge in [0.2, 0.25) is 12.3 Å². The third-order valence-corrected chi connectivity index (χ3v) is 12.6. The average molecular weight is 1130 g/mol. The Labute approximate surface area is 418 Å². The Kier molecular flexibility index (Phi) is 16.2. The van der Waals surface area contributed by atoms with Crippen LogP contribution in [0.1, 0.15) is 92.0 Å². The van der Waals surface area contributed by atoms with Crippen molar-refractivity contribution >= 4 is 33.8 Å². The fraction of sp³-hybridized carbons (Fsp3) is 0.280. The van der Waals surface area contributed by atoms with E-state index in [4.69, 9.17) is 0 Å². The molecule has 27 heteroatoms. The predicted molar refractivity (Wildman–Crippen MR) is 229 cm³/mol. The summed E-state index contributed by atoms with van der Waals surface area (Å²) in [6, 6.07) is 5.02. The van der Waals surface area contributed by atoms with E-state index >= 15 is 0 Å². The fourth-order valence-corrected chi connectivity index (χ4v) is 9.06. The Balaban J connectivity index is 0.000000397. The molecule has 1 saturated carbocycles. The van der Waals surface area contributed by atoms with E-state index in [9.17, 15) is 110 Å². The molecule has 0 radical (unpaired) electrons. The molecule has 0 N–H and O–H groups in total. The number of halogens is 24. The molecule has 1 aromatic heterocycles. The molecule has 414 valence electrons. The molecule has 2 nitrogen and oxygen atoms in total. The average Bonchev–Trinajstić information content (AvgIpc) is 3.86. The Morgan fingerprint density at radius 2 is 0.623 bits per heavy atom. The van der Waals surface area contributed by atoms with Crippen LogP contribution in [0, 0.1) is 0 Å². The molecule has 1 aliphatic rings. The van der Waals surface area contributed by atoms with Crippen molar-refractivity contribution in [2.75, 3.05) is 0 Å². The van der Waals surface area contributed by atoms with Gasteiger partial charge in [-0.25, -0.2) is 0 Å². The minimum absolute atomic E-state index is 0.157. The second kappa shape index (κ2) is 20.9. The minimum atomic E-state index is -6.13. The summed E-state index contributed by atoms with van der Waals surface area (Å²) in [5, 5.41) is 0. The van der Waals surface area contributed by atoms with Crippen LogP contribution in [0.5, 0.6) is 0 Å². The van der Waals surface area contributed by atoms with Gasteiger partial charge in [0.05, 0.1) is 44.5 Å². The molecular weight excluding hydrogens is 1100 g/mol. The summed E-state index contributed by atoms with van der Waals surface area (Å²) in [7, 11) is 0. The summed E-state index contributed by atoms with van der Waals surface area (Å²) in [6.45, 7) is 0.412. The molecule has 0 bridgehead atoms. The van der Waals surface area contributed by atoms with Crippen LogP contribution in [-0.4, -0.2) is 11.9 Å². The van der Waals surface area contributed by atoms with Crippen molar-refractivity contribution in [3.63, 3.8) is 0 Å². The second-order valence-electron chi connectivity index (χ2n) is 17.8. The Morgan fingerprint density at radius 3 is 0.857 bits per heavy atom. The SMILES string of the molecule is FC(F)(F)c1cc([B-](c2cc(C(F)(F)F)cc(C(F)(F)F)c2)(c2cc(C(F)(F)F)cc(C(F)(F)F)c2)c2cc(C(F)(F)F)cc(C(F)(F)F)c2)cc(C(F)(F)F)c1.O=C(C[n+]1ccc(C2CCCC2)cc1)c1ccccc1. The van der Waals surface area contributed by atoms with Crippen LogP contribution in [0.3, 0.4) is 0 Å². The first kappa shape index (κ1) is 59.5. The number of hydrogen-bond donors (Lipinski definition) is 0. The molecule has 0 saturated heterocycles. The van der Waals surface area contributed by atoms with E-state index in [1.54, 1.807) is 0 Å². The second-order valence-corrected chi connectivity index (χ2v) is 17.8. The highest BCUT2D eigenvalue weighted by atomic mass is 19.4. The number of benzene rings is 5. The van der Waals surface area contributed by atoms with Crippen molar-refractivity contribution in [3.8, 4) is 0 Å². The maximum Gasteiger partial charge on any atom is 0.416 e. The van der Waals surface area contributed by atoms with Crippen LogP contribution in [0.2, 0.25) is 0 Å². The van der Waals surface area contributed by atoms with E-state index in [1.165, 1.54) is 31.2 Å². The Bertz CT molecular complexity index is 2630. The van der Waals surface area contributed by atoms with Crippen molar-refractivity contribution in [1.82, 2.24) is 0 Å². The first-order valence-corrected chi connectivity index (χ1v) is 22.0. The van der Waals surface area contributed by atoms with Gasteiger partial charge in [-0.2, -0.15) is 132 Å². The standard InChI is InChI=1S/C32H12BF24.C18H20NO/c34-25(35,36)13-1-14(26(37,38)39)6-21(5-13)33(22-7-15(27(40,41)42)2-16(8-22)28(43,44)45,23-9-17(29(46,47)48)3-18(10-23)30(49,50)51)24-11-19(31(52,53)54)4-20(12-24)32(55,56)57;20-18(17-8-2-1-3-9-17)14-19-12-10-16(11-13-19)15-6-4-5-7-15/h1-12H;1-3,8-13,15H,4-7,14H2/q-1;+1. The van der Waals surface area contributed by atoms with Crippen LogP contribution >= 0.6 is 0 Å². The number of alkyl halides is 24. The number of carbonyl (C=O) groups excluding carboxylic acids is 1. The molecule has 0 atom stereocenters. The number of pyridine rings is 1. The maximum atomic E-state index is 14.2. The van der Waals surface area contributed by atoms with Gasteiger partial charge in [0.15, 0.2) is 12.4 Å². The number of hydrogen-bond acceptors (Lipinski definition) is 1. The van der Waals surface area contributed by atoms with Gasteiger partial charge in [0.1, 0.15) is 6.15 Å². The van der Waals surface area contributed by atoms with Gasteiger partial charge in [-0.05, 0) is 48.6 Å². The van der Waals surface area contributed by atoms with Crippen LogP contribution in [0.4, 0.5) is 105 Å². The van der Waals surface area contributed by atoms with Crippen molar-refractivity contribution in [2.45, 2.75) is 87.6 Å². The molecule has 1 heterocycles. The van der Waals surface area contributed by atoms with Crippen molar-refractivity contribution in [2.24, 2.45) is 0 Å². The molecule has 1 aliphatic carbocycles. The lowest BCUT2D eigenvalue weighted by Crippen LogP contribution is -2.75. The summed E-state index contributed by atoms with van der Waals surface area (Å²) in [4.78, 5) is 12.1. The molecule has 0 amide bonds. The quantitative estimate of drug-likeness (QED) is 0.0644. The van der Waals surface area contributed by atoms with Gasteiger partial charge in [-0.1, -0.05) is 91.7 Å². The normalized spacial score (nSPS) is 14.6. The highest BCUT2D eigenvalue weighted by Gasteiger charge is 2.47. The van der Waals surface area contributed by atoms with Crippen LogP contribution in [0.25, 0.3) is 0 Å². The van der Waals surface area contributed by atoms with E-state index in [0.717, 1.165) is 11.5 Å². The van der Waals surface area contributed by atoms with Gasteiger partial charge in [0, 0.05) is 17.7 Å². The zero-order chi connectivity index (χ0) is 57.7. The number of aromatic nitrogens is 1. The van der Waals surface area contributed by atoms with E-state index < -0.39 is 195 Å². The first-order chi connectivity index (χ1) is 35.1. The van der Waals surface area contributed by atoms with E-state index in [0.29, 0.717) is 6.54 Å². The summed E-state index contributed by atoms with van der Waals surface area (Å²) in [5.41, 5.74) is -28.0. The van der Waals surface area contributed by atoms with Crippen LogP contribution in [0.15, 0.2) is 128 Å². The number of Topliss-reactive ketones (excluding diaryl/α,β-unsaturated/α-hetero) is 1. The molecule has 0 unspecified atom stereocenters. The third-order valence-electron chi connectivity index (χ3n) is 12.6. The van der Waals surface area contributed by atoms with Crippen molar-refractivity contribution in [1.29, 1.82) is 0 Å². The van der Waals surface area contributed by atoms with E-state index in [-0.39, 0.29) is 5.78 Å². The number of rotatable bonds is 8. The number of carbonyl (C=O) groups is 1. The molecular formula is C50H32BF24NO. The lowest BCUT2D eigenvalue weighted by molar-refractivity contribution is -0.683. The summed E-state index contributed by atoms with van der Waals surface area (Å²) in [6.07, 6.45) is -45.4. The zero-order valence-electron chi connectivity index (χ0n) is 38.2. The zero-order valence-corrected chi connectivity index (χ0v) is 38.2. The number of nitrogens with zero attached hydrogens (tertiary/aromatic N) is 1. The minimum Gasteiger partial charge on any atom is -0.287 e. The van der Waals surface area contributed by atoms with Crippen LogP contribution < -0.4 is 26.4 Å². The summed E-state index contributed by atoms with van der Waals surface area (Å²) >= 11 is 0. The Hall–Kier alpha value is -6.70. The van der Waals surface area contributed by atoms with Crippen molar-refractivity contribution in [3.05, 3.63) is 183 Å². The maximum absolute atomic E-state index is 14.2. The highest BCUT2D eigenvalue weighted by Crippen LogP contribution is 2.42. The van der Waals surface area contributed by atoms with Gasteiger partial charge < -0.3 is 0 Å². The molecule has 5 aromatic carbocycles. The van der Waals surface area contributed by atoms with Gasteiger partial charge in [-0.3, -0.25) is 4.79 Å².